The van der Waals surface area contributed by atoms with Crippen LogP contribution in [-0.2, 0) is 9.84 Å². The third-order valence-electron chi connectivity index (χ3n) is 1.51. The molecule has 0 unspecified atom stereocenters. The van der Waals surface area contributed by atoms with Crippen LogP contribution in [0.3, 0.4) is 0 Å². The van der Waals surface area contributed by atoms with E-state index in [4.69, 9.17) is 5.02 Å². The smallest absolute Gasteiger partial charge is 0.535 e. The number of sulfone groups is 1. The fourth-order valence-corrected chi connectivity index (χ4v) is 1.50. The number of benzene rings is 1. The summed E-state index contributed by atoms with van der Waals surface area (Å²) in [7, 11) is -3.11. The Labute approximate surface area is 81.6 Å². The molecule has 0 saturated carbocycles. The molecule has 1 radical (unpaired) electrons. The Morgan fingerprint density at radius 3 is 2.57 bits per heavy atom. The van der Waals surface area contributed by atoms with Crippen LogP contribution in [0.1, 0.15) is 0 Å². The van der Waals surface area contributed by atoms with Gasteiger partial charge in [0.1, 0.15) is 5.75 Å². The maximum absolute atomic E-state index is 13.0. The highest BCUT2D eigenvalue weighted by Gasteiger charge is 2.11. The predicted octanol–water partition coefficient (Wildman–Crippen LogP) is 0.135. The van der Waals surface area contributed by atoms with Crippen molar-refractivity contribution >= 4 is 17.5 Å². The first-order valence-electron chi connectivity index (χ1n) is 3.57. The van der Waals surface area contributed by atoms with Gasteiger partial charge in [0.2, 0.25) is 0 Å². The van der Waals surface area contributed by atoms with E-state index in [9.17, 15) is 12.8 Å². The van der Waals surface area contributed by atoms with Crippen LogP contribution in [0, 0.1) is 5.82 Å². The highest BCUT2D eigenvalue weighted by Crippen LogP contribution is 2.20. The first-order valence-corrected chi connectivity index (χ1v) is 5.46. The minimum atomic E-state index is -3.43. The fourth-order valence-electron chi connectivity index (χ4n) is 0.865. The van der Waals surface area contributed by atoms with Gasteiger partial charge in [-0.15, -0.1) is 0 Å². The molecule has 1 N–H and O–H groups in total. The van der Waals surface area contributed by atoms with Crippen LogP contribution in [0.2, 0.25) is 0 Å². The Balaban J connectivity index is 3.13. The topological polar surface area (TPSA) is 63.6 Å². The van der Waals surface area contributed by atoms with Crippen molar-refractivity contribution in [1.29, 1.82) is 0 Å². The summed E-state index contributed by atoms with van der Waals surface area (Å²) in [5.41, 5.74) is 0. The van der Waals surface area contributed by atoms with Gasteiger partial charge in [-0.2, -0.15) is 0 Å². The summed E-state index contributed by atoms with van der Waals surface area (Å²) in [6.07, 6.45) is 0.973. The molecule has 0 aliphatic carbocycles. The van der Waals surface area contributed by atoms with Gasteiger partial charge >= 0.3 is 7.69 Å². The molecule has 0 amide bonds. The van der Waals surface area contributed by atoms with E-state index in [2.05, 4.69) is 4.65 Å². The third-order valence-corrected chi connectivity index (χ3v) is 2.62. The zero-order valence-corrected chi connectivity index (χ0v) is 8.08. The lowest BCUT2D eigenvalue weighted by atomic mass is 10.3. The van der Waals surface area contributed by atoms with Crippen molar-refractivity contribution < 1.29 is 22.5 Å². The van der Waals surface area contributed by atoms with Crippen molar-refractivity contribution in [3.05, 3.63) is 24.0 Å². The molecular formula is C7H7BFO4S. The van der Waals surface area contributed by atoms with Crippen LogP contribution < -0.4 is 4.65 Å². The lowest BCUT2D eigenvalue weighted by molar-refractivity contribution is 0.431. The highest BCUT2D eigenvalue weighted by molar-refractivity contribution is 7.90. The first-order chi connectivity index (χ1) is 6.45. The van der Waals surface area contributed by atoms with Crippen LogP contribution >= 0.6 is 0 Å². The van der Waals surface area contributed by atoms with Gasteiger partial charge in [-0.05, 0) is 18.2 Å². The lowest BCUT2D eigenvalue weighted by Gasteiger charge is -2.04. The van der Waals surface area contributed by atoms with E-state index in [1.54, 1.807) is 0 Å². The van der Waals surface area contributed by atoms with Gasteiger partial charge in [0.05, 0.1) is 4.90 Å². The molecule has 4 nitrogen and oxygen atoms in total. The Bertz CT molecular complexity index is 431. The van der Waals surface area contributed by atoms with E-state index in [0.717, 1.165) is 18.4 Å². The Morgan fingerprint density at radius 1 is 1.50 bits per heavy atom. The largest absolute Gasteiger partial charge is 0.569 e. The lowest BCUT2D eigenvalue weighted by Crippen LogP contribution is -2.03. The monoisotopic (exact) mass is 217 g/mol. The summed E-state index contributed by atoms with van der Waals surface area (Å²) in [5.74, 6) is -1.09. The van der Waals surface area contributed by atoms with Crippen LogP contribution in [0.4, 0.5) is 4.39 Å². The van der Waals surface area contributed by atoms with E-state index < -0.39 is 15.7 Å². The SMILES string of the molecule is CS(=O)(=O)c1ccc(O[B]O)c(F)c1. The third kappa shape index (κ3) is 2.46. The molecule has 0 spiro atoms. The normalized spacial score (nSPS) is 11.1. The zero-order valence-electron chi connectivity index (χ0n) is 7.27. The summed E-state index contributed by atoms with van der Waals surface area (Å²) < 4.78 is 39.4. The van der Waals surface area contributed by atoms with Crippen molar-refractivity contribution in [3.63, 3.8) is 0 Å². The number of halogens is 1. The molecule has 0 fully saturated rings. The molecule has 75 valence electrons. The molecular weight excluding hydrogens is 210 g/mol. The maximum Gasteiger partial charge on any atom is 0.569 e. The number of hydrogen-bond acceptors (Lipinski definition) is 4. The van der Waals surface area contributed by atoms with Gasteiger partial charge < -0.3 is 9.68 Å². The Hall–Kier alpha value is -1.08. The van der Waals surface area contributed by atoms with Gasteiger partial charge in [-0.3, -0.25) is 0 Å². The van der Waals surface area contributed by atoms with Gasteiger partial charge in [-0.1, -0.05) is 0 Å². The molecule has 14 heavy (non-hydrogen) atoms. The van der Waals surface area contributed by atoms with Crippen molar-refractivity contribution in [3.8, 4) is 5.75 Å². The first kappa shape index (κ1) is 11.0. The minimum absolute atomic E-state index is 0.139. The van der Waals surface area contributed by atoms with E-state index in [1.807, 2.05) is 0 Å². The maximum atomic E-state index is 13.0. The van der Waals surface area contributed by atoms with Crippen LogP contribution in [0.15, 0.2) is 23.1 Å². The average Bonchev–Trinajstić information content (AvgIpc) is 2.07. The van der Waals surface area contributed by atoms with Crippen molar-refractivity contribution in [2.24, 2.45) is 0 Å². The van der Waals surface area contributed by atoms with E-state index in [1.165, 1.54) is 6.07 Å². The van der Waals surface area contributed by atoms with E-state index in [0.29, 0.717) is 7.69 Å². The quantitative estimate of drug-likeness (QED) is 0.731. The van der Waals surface area contributed by atoms with Crippen molar-refractivity contribution in [2.75, 3.05) is 6.26 Å². The molecule has 0 bridgehead atoms. The van der Waals surface area contributed by atoms with Crippen LogP contribution in [0.25, 0.3) is 0 Å². The van der Waals surface area contributed by atoms with E-state index in [-0.39, 0.29) is 10.6 Å². The number of rotatable bonds is 3. The van der Waals surface area contributed by atoms with Crippen molar-refractivity contribution in [1.82, 2.24) is 0 Å². The van der Waals surface area contributed by atoms with Crippen LogP contribution in [0.5, 0.6) is 5.75 Å². The Morgan fingerprint density at radius 2 is 2.14 bits per heavy atom. The summed E-state index contributed by atoms with van der Waals surface area (Å²) >= 11 is 0. The molecule has 0 aliphatic heterocycles. The molecule has 1 rings (SSSR count). The molecule has 1 aromatic rings. The molecule has 0 atom stereocenters. The molecule has 7 heteroatoms. The summed E-state index contributed by atoms with van der Waals surface area (Å²) in [4.78, 5) is -0.139. The number of hydrogen-bond donors (Lipinski definition) is 1. The molecule has 0 saturated heterocycles. The van der Waals surface area contributed by atoms with E-state index >= 15 is 0 Å². The second-order valence-corrected chi connectivity index (χ2v) is 4.60. The average molecular weight is 217 g/mol. The second-order valence-electron chi connectivity index (χ2n) is 2.59. The Kier molecular flexibility index (Phi) is 3.12. The summed E-state index contributed by atoms with van der Waals surface area (Å²) in [6.45, 7) is 0. The zero-order chi connectivity index (χ0) is 10.8. The second kappa shape index (κ2) is 3.97. The molecule has 0 aromatic heterocycles. The molecule has 0 heterocycles. The molecule has 1 aromatic carbocycles. The highest BCUT2D eigenvalue weighted by atomic mass is 32.2. The van der Waals surface area contributed by atoms with Gasteiger partial charge in [0, 0.05) is 6.26 Å². The predicted molar refractivity (Wildman–Crippen MR) is 48.1 cm³/mol. The van der Waals surface area contributed by atoms with Crippen molar-refractivity contribution in [2.45, 2.75) is 4.90 Å². The van der Waals surface area contributed by atoms with Crippen LogP contribution in [-0.4, -0.2) is 27.4 Å². The van der Waals surface area contributed by atoms with Gasteiger partial charge in [0.15, 0.2) is 15.7 Å². The minimum Gasteiger partial charge on any atom is -0.535 e. The molecule has 0 aliphatic rings. The fraction of sp³-hybridized carbons (Fsp3) is 0.143. The standard InChI is InChI=1S/C7H7BFO4S/c1-14(11,12)5-2-3-7(13-8-10)6(9)4-5/h2-4,10H,1H3. The van der Waals surface area contributed by atoms with Gasteiger partial charge in [-0.25, -0.2) is 12.8 Å². The summed E-state index contributed by atoms with van der Waals surface area (Å²) in [6, 6.07) is 3.14. The van der Waals surface area contributed by atoms with Gasteiger partial charge in [0.25, 0.3) is 0 Å². The summed E-state index contributed by atoms with van der Waals surface area (Å²) in [5, 5.41) is 8.24.